The Kier molecular flexibility index (Phi) is 7.00. The number of likely N-dealkylation sites (tertiary alicyclic amines) is 1. The molecule has 1 aliphatic heterocycles. The number of aryl methyl sites for hydroxylation is 1. The zero-order valence-electron chi connectivity index (χ0n) is 16.3. The number of sulfonamides is 1. The number of benzene rings is 1. The van der Waals surface area contributed by atoms with Gasteiger partial charge in [0.25, 0.3) is 5.91 Å². The molecule has 1 fully saturated rings. The number of carbonyl (C=O) groups is 2. The molecule has 1 saturated heterocycles. The fraction of sp³-hybridized carbons (Fsp3) is 0.579. The molecule has 0 bridgehead atoms. The number of carbonyl (C=O) groups excluding carboxylic acids is 2. The molecule has 1 heterocycles. The van der Waals surface area contributed by atoms with E-state index in [0.29, 0.717) is 0 Å². The molecule has 8 heteroatoms. The molecule has 1 aliphatic rings. The van der Waals surface area contributed by atoms with Crippen LogP contribution >= 0.6 is 0 Å². The molecule has 0 radical (unpaired) electrons. The van der Waals surface area contributed by atoms with Crippen molar-refractivity contribution >= 4 is 21.9 Å². The molecule has 1 amide bonds. The standard InChI is InChI=1S/C19H28N2O5S/c1-13-8-10-17(11-9-13)27(24,25)20-16(4)19(23)26-12-18(22)21-14(2)6-5-7-15(21)3/h8-11,14-16,20H,5-7,12H2,1-4H3/t14-,15+,16-/m1/s1. The summed E-state index contributed by atoms with van der Waals surface area (Å²) < 4.78 is 32.0. The summed E-state index contributed by atoms with van der Waals surface area (Å²) >= 11 is 0. The van der Waals surface area contributed by atoms with E-state index in [0.717, 1.165) is 24.8 Å². The van der Waals surface area contributed by atoms with Crippen LogP contribution < -0.4 is 4.72 Å². The molecule has 1 N–H and O–H groups in total. The van der Waals surface area contributed by atoms with Crippen LogP contribution in [0.25, 0.3) is 0 Å². The first-order valence-corrected chi connectivity index (χ1v) is 10.7. The van der Waals surface area contributed by atoms with E-state index in [-0.39, 0.29) is 29.5 Å². The summed E-state index contributed by atoms with van der Waals surface area (Å²) in [5.41, 5.74) is 0.932. The van der Waals surface area contributed by atoms with E-state index in [4.69, 9.17) is 4.74 Å². The van der Waals surface area contributed by atoms with Crippen molar-refractivity contribution in [3.63, 3.8) is 0 Å². The average molecular weight is 397 g/mol. The van der Waals surface area contributed by atoms with Crippen LogP contribution in [-0.2, 0) is 24.3 Å². The first-order valence-electron chi connectivity index (χ1n) is 9.18. The second-order valence-corrected chi connectivity index (χ2v) is 8.91. The van der Waals surface area contributed by atoms with Gasteiger partial charge in [-0.25, -0.2) is 8.42 Å². The molecule has 27 heavy (non-hydrogen) atoms. The Labute approximate surface area is 161 Å². The van der Waals surface area contributed by atoms with Gasteiger partial charge in [-0.3, -0.25) is 9.59 Å². The van der Waals surface area contributed by atoms with Crippen LogP contribution in [0.5, 0.6) is 0 Å². The Morgan fingerprint density at radius 1 is 1.19 bits per heavy atom. The highest BCUT2D eigenvalue weighted by atomic mass is 32.2. The summed E-state index contributed by atoms with van der Waals surface area (Å²) in [7, 11) is -3.84. The van der Waals surface area contributed by atoms with E-state index in [9.17, 15) is 18.0 Å². The molecule has 0 spiro atoms. The van der Waals surface area contributed by atoms with Gasteiger partial charge in [-0.05, 0) is 59.1 Å². The zero-order valence-corrected chi connectivity index (χ0v) is 17.1. The molecule has 2 rings (SSSR count). The summed E-state index contributed by atoms with van der Waals surface area (Å²) in [6.07, 6.45) is 2.93. The van der Waals surface area contributed by atoms with E-state index in [2.05, 4.69) is 4.72 Å². The number of nitrogens with zero attached hydrogens (tertiary/aromatic N) is 1. The summed E-state index contributed by atoms with van der Waals surface area (Å²) in [5, 5.41) is 0. The van der Waals surface area contributed by atoms with Gasteiger partial charge in [-0.2, -0.15) is 4.72 Å². The molecule has 0 aromatic heterocycles. The highest BCUT2D eigenvalue weighted by Gasteiger charge is 2.30. The maximum Gasteiger partial charge on any atom is 0.324 e. The number of hydrogen-bond acceptors (Lipinski definition) is 5. The van der Waals surface area contributed by atoms with E-state index >= 15 is 0 Å². The fourth-order valence-electron chi connectivity index (χ4n) is 3.31. The Bertz CT molecular complexity index is 766. The third kappa shape index (κ3) is 5.52. The summed E-state index contributed by atoms with van der Waals surface area (Å²) in [5.74, 6) is -1.03. The highest BCUT2D eigenvalue weighted by Crippen LogP contribution is 2.22. The average Bonchev–Trinajstić information content (AvgIpc) is 2.59. The second-order valence-electron chi connectivity index (χ2n) is 7.19. The maximum atomic E-state index is 12.4. The van der Waals surface area contributed by atoms with Crippen molar-refractivity contribution in [3.05, 3.63) is 29.8 Å². The minimum absolute atomic E-state index is 0.0693. The topological polar surface area (TPSA) is 92.8 Å². The van der Waals surface area contributed by atoms with Crippen molar-refractivity contribution in [3.8, 4) is 0 Å². The third-order valence-corrected chi connectivity index (χ3v) is 6.39. The van der Waals surface area contributed by atoms with Crippen molar-refractivity contribution < 1.29 is 22.7 Å². The zero-order chi connectivity index (χ0) is 20.2. The maximum absolute atomic E-state index is 12.4. The molecule has 1 aromatic rings. The molecular formula is C19H28N2O5S. The van der Waals surface area contributed by atoms with Crippen LogP contribution in [0, 0.1) is 6.92 Å². The Balaban J connectivity index is 1.91. The van der Waals surface area contributed by atoms with Crippen molar-refractivity contribution in [2.75, 3.05) is 6.61 Å². The first-order chi connectivity index (χ1) is 12.6. The molecule has 0 unspecified atom stereocenters. The first kappa shape index (κ1) is 21.4. The van der Waals surface area contributed by atoms with Gasteiger partial charge >= 0.3 is 5.97 Å². The minimum Gasteiger partial charge on any atom is -0.454 e. The largest absolute Gasteiger partial charge is 0.454 e. The number of piperidine rings is 1. The predicted octanol–water partition coefficient (Wildman–Crippen LogP) is 1.99. The predicted molar refractivity (Wildman–Crippen MR) is 102 cm³/mol. The lowest BCUT2D eigenvalue weighted by molar-refractivity contribution is -0.155. The van der Waals surface area contributed by atoms with E-state index in [1.54, 1.807) is 17.0 Å². The Morgan fingerprint density at radius 2 is 1.74 bits per heavy atom. The SMILES string of the molecule is Cc1ccc(S(=O)(=O)N[C@H](C)C(=O)OCC(=O)N2[C@H](C)CCC[C@@H]2C)cc1. The van der Waals surface area contributed by atoms with Gasteiger partial charge in [0.2, 0.25) is 10.0 Å². The lowest BCUT2D eigenvalue weighted by Crippen LogP contribution is -2.49. The van der Waals surface area contributed by atoms with Crippen LogP contribution in [0.3, 0.4) is 0 Å². The number of ether oxygens (including phenoxy) is 1. The summed E-state index contributed by atoms with van der Waals surface area (Å²) in [6, 6.07) is 5.42. The fourth-order valence-corrected chi connectivity index (χ4v) is 4.50. The molecule has 150 valence electrons. The molecule has 1 aromatic carbocycles. The Hall–Kier alpha value is -1.93. The molecule has 3 atom stereocenters. The van der Waals surface area contributed by atoms with Crippen LogP contribution in [0.15, 0.2) is 29.2 Å². The highest BCUT2D eigenvalue weighted by molar-refractivity contribution is 7.89. The smallest absolute Gasteiger partial charge is 0.324 e. The van der Waals surface area contributed by atoms with Gasteiger partial charge in [-0.15, -0.1) is 0 Å². The quantitative estimate of drug-likeness (QED) is 0.743. The van der Waals surface area contributed by atoms with Crippen LogP contribution in [0.2, 0.25) is 0 Å². The Morgan fingerprint density at radius 3 is 2.30 bits per heavy atom. The summed E-state index contributed by atoms with van der Waals surface area (Å²) in [6.45, 7) is 6.82. The number of rotatable bonds is 6. The van der Waals surface area contributed by atoms with Gasteiger partial charge in [0, 0.05) is 12.1 Å². The lowest BCUT2D eigenvalue weighted by atomic mass is 9.97. The molecular weight excluding hydrogens is 368 g/mol. The van der Waals surface area contributed by atoms with E-state index < -0.39 is 22.0 Å². The molecule has 7 nitrogen and oxygen atoms in total. The van der Waals surface area contributed by atoms with Crippen molar-refractivity contribution in [1.29, 1.82) is 0 Å². The molecule has 0 aliphatic carbocycles. The minimum atomic E-state index is -3.84. The van der Waals surface area contributed by atoms with Crippen molar-refractivity contribution in [2.24, 2.45) is 0 Å². The van der Waals surface area contributed by atoms with Crippen molar-refractivity contribution in [2.45, 2.75) is 70.0 Å². The van der Waals surface area contributed by atoms with Gasteiger partial charge < -0.3 is 9.64 Å². The van der Waals surface area contributed by atoms with E-state index in [1.165, 1.54) is 19.1 Å². The van der Waals surface area contributed by atoms with Gasteiger partial charge in [-0.1, -0.05) is 17.7 Å². The third-order valence-electron chi connectivity index (χ3n) is 4.84. The van der Waals surface area contributed by atoms with Crippen LogP contribution in [0.1, 0.15) is 45.6 Å². The van der Waals surface area contributed by atoms with Crippen molar-refractivity contribution in [1.82, 2.24) is 9.62 Å². The second kappa shape index (κ2) is 8.84. The van der Waals surface area contributed by atoms with Crippen LogP contribution in [0.4, 0.5) is 0 Å². The normalized spacial score (nSPS) is 21.6. The van der Waals surface area contributed by atoms with Crippen LogP contribution in [-0.4, -0.2) is 49.9 Å². The number of hydrogen-bond donors (Lipinski definition) is 1. The van der Waals surface area contributed by atoms with Gasteiger partial charge in [0.05, 0.1) is 4.90 Å². The van der Waals surface area contributed by atoms with Gasteiger partial charge in [0.15, 0.2) is 6.61 Å². The number of esters is 1. The lowest BCUT2D eigenvalue weighted by Gasteiger charge is -2.38. The number of nitrogens with one attached hydrogen (secondary N) is 1. The van der Waals surface area contributed by atoms with Gasteiger partial charge in [0.1, 0.15) is 6.04 Å². The number of amides is 1. The summed E-state index contributed by atoms with van der Waals surface area (Å²) in [4.78, 5) is 26.3. The molecule has 0 saturated carbocycles. The monoisotopic (exact) mass is 396 g/mol. The van der Waals surface area contributed by atoms with E-state index in [1.807, 2.05) is 20.8 Å².